The predicted molar refractivity (Wildman–Crippen MR) is 104 cm³/mol. The minimum absolute atomic E-state index is 0.00628. The van der Waals surface area contributed by atoms with E-state index in [-0.39, 0.29) is 35.2 Å². The van der Waals surface area contributed by atoms with Crippen LogP contribution in [0.4, 0.5) is 13.2 Å². The third-order valence-corrected chi connectivity index (χ3v) is 5.29. The molecule has 1 N–H and O–H groups in total. The van der Waals surface area contributed by atoms with Crippen LogP contribution in [0.25, 0.3) is 11.2 Å². The molecule has 0 aromatic carbocycles. The monoisotopic (exact) mass is 419 g/mol. The number of rotatable bonds is 4. The van der Waals surface area contributed by atoms with E-state index in [4.69, 9.17) is 4.74 Å². The zero-order valence-corrected chi connectivity index (χ0v) is 16.2. The number of hydrogen-bond donors (Lipinski definition) is 1. The van der Waals surface area contributed by atoms with E-state index in [0.29, 0.717) is 11.1 Å². The molecule has 3 aromatic rings. The van der Waals surface area contributed by atoms with Crippen molar-refractivity contribution in [3.05, 3.63) is 57.8 Å². The Balaban J connectivity index is 1.90. The molecule has 30 heavy (non-hydrogen) atoms. The molecule has 1 aliphatic heterocycles. The summed E-state index contributed by atoms with van der Waals surface area (Å²) in [4.78, 5) is 25.8. The van der Waals surface area contributed by atoms with Crippen molar-refractivity contribution < 1.29 is 17.9 Å². The highest BCUT2D eigenvalue weighted by Gasteiger charge is 2.34. The first kappa shape index (κ1) is 20.3. The number of ether oxygens (including phenoxy) is 1. The summed E-state index contributed by atoms with van der Waals surface area (Å²) < 4.78 is 46.7. The van der Waals surface area contributed by atoms with Gasteiger partial charge in [0, 0.05) is 11.8 Å². The van der Waals surface area contributed by atoms with E-state index in [0.717, 1.165) is 32.0 Å². The molecule has 4 heterocycles. The molecule has 4 rings (SSSR count). The van der Waals surface area contributed by atoms with E-state index in [2.05, 4.69) is 20.3 Å². The molecule has 0 radical (unpaired) electrons. The maximum absolute atomic E-state index is 13.5. The van der Waals surface area contributed by atoms with Crippen LogP contribution in [0.1, 0.15) is 35.6 Å². The van der Waals surface area contributed by atoms with Crippen LogP contribution >= 0.6 is 0 Å². The van der Waals surface area contributed by atoms with Gasteiger partial charge >= 0.3 is 6.18 Å². The van der Waals surface area contributed by atoms with Crippen LogP contribution < -0.4 is 15.6 Å². The number of nitrogens with one attached hydrogen (secondary N) is 1. The number of methoxy groups -OCH3 is 1. The van der Waals surface area contributed by atoms with Gasteiger partial charge in [-0.05, 0) is 50.0 Å². The molecule has 1 aliphatic rings. The topological polar surface area (TPSA) is 81.9 Å². The van der Waals surface area contributed by atoms with Crippen molar-refractivity contribution in [2.45, 2.75) is 31.5 Å². The van der Waals surface area contributed by atoms with Gasteiger partial charge in [-0.2, -0.15) is 13.2 Å². The molecule has 0 spiro atoms. The lowest BCUT2D eigenvalue weighted by molar-refractivity contribution is -0.138. The van der Waals surface area contributed by atoms with Gasteiger partial charge in [-0.25, -0.2) is 9.97 Å². The van der Waals surface area contributed by atoms with Crippen LogP contribution in [-0.2, 0) is 12.7 Å². The van der Waals surface area contributed by atoms with Gasteiger partial charge < -0.3 is 10.1 Å². The van der Waals surface area contributed by atoms with Crippen LogP contribution in [0.5, 0.6) is 5.88 Å². The molecule has 0 aliphatic carbocycles. The number of hydrogen-bond acceptors (Lipinski definition) is 6. The molecule has 0 atom stereocenters. The first-order valence-electron chi connectivity index (χ1n) is 9.54. The summed E-state index contributed by atoms with van der Waals surface area (Å²) in [5.41, 5.74) is -0.375. The van der Waals surface area contributed by atoms with Crippen molar-refractivity contribution in [3.8, 4) is 5.88 Å². The lowest BCUT2D eigenvalue weighted by Crippen LogP contribution is -2.33. The Labute approximate surface area is 169 Å². The normalized spacial score (nSPS) is 15.5. The third-order valence-electron chi connectivity index (χ3n) is 5.29. The van der Waals surface area contributed by atoms with E-state index in [1.807, 2.05) is 0 Å². The lowest BCUT2D eigenvalue weighted by Gasteiger charge is -2.23. The van der Waals surface area contributed by atoms with Crippen LogP contribution in [0, 0.1) is 0 Å². The highest BCUT2D eigenvalue weighted by Crippen LogP contribution is 2.32. The van der Waals surface area contributed by atoms with Gasteiger partial charge in [0.05, 0.1) is 31.1 Å². The fraction of sp³-hybridized carbons (Fsp3) is 0.400. The Morgan fingerprint density at radius 1 is 1.27 bits per heavy atom. The molecule has 0 unspecified atom stereocenters. The van der Waals surface area contributed by atoms with Gasteiger partial charge in [0.2, 0.25) is 5.88 Å². The van der Waals surface area contributed by atoms with Crippen molar-refractivity contribution in [2.24, 2.45) is 0 Å². The van der Waals surface area contributed by atoms with Crippen molar-refractivity contribution in [1.82, 2.24) is 24.8 Å². The molecule has 158 valence electrons. The number of halogens is 3. The summed E-state index contributed by atoms with van der Waals surface area (Å²) in [6, 6.07) is 3.87. The Hall–Kier alpha value is -3.01. The molecule has 1 fully saturated rings. The molecular formula is C20H20F3N5O2. The van der Waals surface area contributed by atoms with Crippen molar-refractivity contribution in [1.29, 1.82) is 0 Å². The zero-order valence-electron chi connectivity index (χ0n) is 16.2. The van der Waals surface area contributed by atoms with Gasteiger partial charge in [-0.1, -0.05) is 0 Å². The summed E-state index contributed by atoms with van der Waals surface area (Å²) in [6.07, 6.45) is -0.440. The van der Waals surface area contributed by atoms with E-state index in [1.165, 1.54) is 30.1 Å². The maximum Gasteiger partial charge on any atom is 0.418 e. The lowest BCUT2D eigenvalue weighted by atomic mass is 9.91. The fourth-order valence-corrected chi connectivity index (χ4v) is 3.79. The summed E-state index contributed by atoms with van der Waals surface area (Å²) in [7, 11) is 1.45. The minimum Gasteiger partial charge on any atom is -0.480 e. The summed E-state index contributed by atoms with van der Waals surface area (Å²) in [6.45, 7) is 1.18. The van der Waals surface area contributed by atoms with Crippen LogP contribution in [0.2, 0.25) is 0 Å². The second-order valence-electron chi connectivity index (χ2n) is 7.13. The largest absolute Gasteiger partial charge is 0.480 e. The van der Waals surface area contributed by atoms with E-state index < -0.39 is 11.7 Å². The van der Waals surface area contributed by atoms with Crippen LogP contribution in [0.3, 0.4) is 0 Å². The number of alkyl halides is 3. The molecule has 3 aromatic heterocycles. The zero-order chi connectivity index (χ0) is 21.3. The second-order valence-corrected chi connectivity index (χ2v) is 7.13. The number of nitrogens with zero attached hydrogens (tertiary/aromatic N) is 4. The van der Waals surface area contributed by atoms with Gasteiger partial charge in [0.1, 0.15) is 5.52 Å². The van der Waals surface area contributed by atoms with E-state index in [1.54, 1.807) is 6.07 Å². The molecule has 0 amide bonds. The summed E-state index contributed by atoms with van der Waals surface area (Å²) in [5, 5.41) is 3.25. The van der Waals surface area contributed by atoms with E-state index in [9.17, 15) is 18.0 Å². The molecule has 0 bridgehead atoms. The smallest absolute Gasteiger partial charge is 0.418 e. The number of piperidine rings is 1. The first-order valence-corrected chi connectivity index (χ1v) is 9.54. The average Bonchev–Trinajstić information content (AvgIpc) is 2.75. The molecule has 1 saturated heterocycles. The van der Waals surface area contributed by atoms with Gasteiger partial charge in [0.25, 0.3) is 5.56 Å². The Morgan fingerprint density at radius 3 is 2.73 bits per heavy atom. The van der Waals surface area contributed by atoms with Gasteiger partial charge in [0.15, 0.2) is 5.65 Å². The molecule has 7 nitrogen and oxygen atoms in total. The van der Waals surface area contributed by atoms with Crippen molar-refractivity contribution >= 4 is 11.2 Å². The Bertz CT molecular complexity index is 1120. The Kier molecular flexibility index (Phi) is 5.42. The van der Waals surface area contributed by atoms with Gasteiger partial charge in [-0.15, -0.1) is 0 Å². The number of fused-ring (bicyclic) bond motifs is 1. The molecule has 0 saturated carbocycles. The third kappa shape index (κ3) is 3.87. The second kappa shape index (κ2) is 8.02. The summed E-state index contributed by atoms with van der Waals surface area (Å²) in [5.74, 6) is 0.256. The standard InChI is InChI=1S/C20H20F3N5O2/c1-30-17-10-26-18-15(27-17)9-13(12-4-7-24-8-5-12)19(29)28(18)11-16-14(20(21,22)23)3-2-6-25-16/h2-3,6,9-10,12,24H,4-5,7-8,11H2,1H3. The maximum atomic E-state index is 13.5. The number of pyridine rings is 2. The van der Waals surface area contributed by atoms with Crippen molar-refractivity contribution in [2.75, 3.05) is 20.2 Å². The number of aromatic nitrogens is 4. The fourth-order valence-electron chi connectivity index (χ4n) is 3.79. The highest BCUT2D eigenvalue weighted by atomic mass is 19.4. The van der Waals surface area contributed by atoms with E-state index >= 15 is 0 Å². The minimum atomic E-state index is -4.58. The first-order chi connectivity index (χ1) is 14.4. The SMILES string of the molecule is COc1cnc2c(cc(C3CCNCC3)c(=O)n2Cc2ncccc2C(F)(F)F)n1. The molecular weight excluding hydrogens is 399 g/mol. The Morgan fingerprint density at radius 2 is 2.03 bits per heavy atom. The van der Waals surface area contributed by atoms with Gasteiger partial charge in [-0.3, -0.25) is 14.3 Å². The summed E-state index contributed by atoms with van der Waals surface area (Å²) >= 11 is 0. The van der Waals surface area contributed by atoms with Crippen molar-refractivity contribution in [3.63, 3.8) is 0 Å². The van der Waals surface area contributed by atoms with Crippen LogP contribution in [0.15, 0.2) is 35.4 Å². The predicted octanol–water partition coefficient (Wildman–Crippen LogP) is 2.73. The molecule has 10 heteroatoms. The quantitative estimate of drug-likeness (QED) is 0.700. The highest BCUT2D eigenvalue weighted by molar-refractivity contribution is 5.71. The van der Waals surface area contributed by atoms with Crippen LogP contribution in [-0.4, -0.2) is 39.7 Å². The average molecular weight is 419 g/mol.